The minimum atomic E-state index is 0.907. The summed E-state index contributed by atoms with van der Waals surface area (Å²) in [6.07, 6.45) is 1.34. The molecule has 0 saturated carbocycles. The number of hydrogen-bond donors (Lipinski definition) is 0. The van der Waals surface area contributed by atoms with Crippen LogP contribution in [-0.4, -0.2) is 31.4 Å². The fraction of sp³-hybridized carbons (Fsp3) is 0. The molecule has 0 aromatic carbocycles. The van der Waals surface area contributed by atoms with E-state index in [-0.39, 0.29) is 0 Å². The molecule has 0 heterocycles. The van der Waals surface area contributed by atoms with Crippen LogP contribution >= 0.6 is 0 Å². The first-order valence-electron chi connectivity index (χ1n) is 0.610. The minimum absolute atomic E-state index is 0.907. The second-order valence-corrected chi connectivity index (χ2v) is 0.892. The predicted molar refractivity (Wildman–Crippen MR) is 13.9 cm³/mol. The molecule has 0 atom stereocenters. The third-order valence-electron chi connectivity index (χ3n) is 0.0373. The van der Waals surface area contributed by atoms with E-state index in [1.165, 1.54) is 6.08 Å². The first-order valence-corrected chi connectivity index (χ1v) is 2.03. The van der Waals surface area contributed by atoms with E-state index in [4.69, 9.17) is 4.79 Å². The summed E-state index contributed by atoms with van der Waals surface area (Å²) in [6, 6.07) is 0. The Bertz CT molecular complexity index is 46.0. The van der Waals surface area contributed by atoms with E-state index in [1.54, 1.807) is 0 Å². The third-order valence-corrected chi connectivity index (χ3v) is 0.327. The predicted octanol–water partition coefficient (Wildman–Crippen LogP) is -0.594. The summed E-state index contributed by atoms with van der Waals surface area (Å²) >= 11 is 0.907. The number of carbonyl (C=O) groups excluding carboxylic acids is 1. The van der Waals surface area contributed by atoms with Crippen LogP contribution < -0.4 is 0 Å². The van der Waals surface area contributed by atoms with Gasteiger partial charge in [-0.15, -0.1) is 0 Å². The van der Waals surface area contributed by atoms with Crippen molar-refractivity contribution in [2.24, 2.45) is 2.89 Å². The fourth-order valence-corrected chi connectivity index (χ4v) is 0. The molecular formula is CNOPo. The molecular weight excluding hydrogens is 251 g/mol. The molecule has 0 bridgehead atoms. The van der Waals surface area contributed by atoms with Crippen molar-refractivity contribution in [3.63, 3.8) is 0 Å². The summed E-state index contributed by atoms with van der Waals surface area (Å²) in [6.45, 7) is 0. The summed E-state index contributed by atoms with van der Waals surface area (Å²) in [4.78, 5) is 8.90. The average molecular weight is 251 g/mol. The molecule has 0 aromatic rings. The van der Waals surface area contributed by atoms with Gasteiger partial charge in [0.25, 0.3) is 0 Å². The third kappa shape index (κ3) is 2.28. The molecule has 0 aliphatic rings. The van der Waals surface area contributed by atoms with Gasteiger partial charge in [-0.2, -0.15) is 0 Å². The maximum absolute atomic E-state index is 8.90. The summed E-state index contributed by atoms with van der Waals surface area (Å²) in [5.74, 6) is 0. The molecule has 0 amide bonds. The molecule has 0 aromatic heterocycles. The monoisotopic (exact) mass is 251 g/mol. The van der Waals surface area contributed by atoms with E-state index < -0.39 is 0 Å². The van der Waals surface area contributed by atoms with Crippen molar-refractivity contribution in [3.8, 4) is 0 Å². The normalized spacial score (nSPS) is 4.00. The van der Waals surface area contributed by atoms with E-state index in [0.29, 0.717) is 0 Å². The first-order chi connectivity index (χ1) is 1.91. The topological polar surface area (TPSA) is 29.4 Å². The van der Waals surface area contributed by atoms with Crippen LogP contribution in [0.5, 0.6) is 0 Å². The summed E-state index contributed by atoms with van der Waals surface area (Å²) in [5, 5.41) is 0. The van der Waals surface area contributed by atoms with E-state index in [9.17, 15) is 0 Å². The van der Waals surface area contributed by atoms with Gasteiger partial charge >= 0.3 is 39.1 Å². The maximum atomic E-state index is 8.90. The van der Waals surface area contributed by atoms with Crippen molar-refractivity contribution >= 4 is 31.4 Å². The molecule has 0 aliphatic carbocycles. The standard InChI is InChI=1S/CNO.Po/c2-1-3;/q-1;+1. The molecule has 4 heavy (non-hydrogen) atoms. The van der Waals surface area contributed by atoms with Crippen LogP contribution in [-0.2, 0) is 4.79 Å². The van der Waals surface area contributed by atoms with Crippen LogP contribution in [0.3, 0.4) is 0 Å². The van der Waals surface area contributed by atoms with E-state index in [0.717, 1.165) is 25.4 Å². The Morgan fingerprint density at radius 2 is 2.25 bits per heavy atom. The summed E-state index contributed by atoms with van der Waals surface area (Å²) in [5.41, 5.74) is 0. The van der Waals surface area contributed by atoms with Gasteiger partial charge in [-0.1, -0.05) is 0 Å². The molecule has 0 fully saturated rings. The molecule has 3 heteroatoms. The molecule has 0 saturated heterocycles. The Morgan fingerprint density at radius 3 is 2.25 bits per heavy atom. The fourth-order valence-electron chi connectivity index (χ4n) is 0. The van der Waals surface area contributed by atoms with Gasteiger partial charge in [-0.3, -0.25) is 0 Å². The van der Waals surface area contributed by atoms with Crippen LogP contribution in [0.1, 0.15) is 0 Å². The molecule has 0 unspecified atom stereocenters. The zero-order chi connectivity index (χ0) is 3.41. The average Bonchev–Trinajstić information content (AvgIpc) is 1.37. The Kier molecular flexibility index (Phi) is 3.50. The number of hydrogen-bond acceptors (Lipinski definition) is 2. The Labute approximate surface area is 39.5 Å². The van der Waals surface area contributed by atoms with Crippen molar-refractivity contribution in [1.29, 1.82) is 0 Å². The SMILES string of the molecule is O=C=[N][Po]. The Hall–Kier alpha value is 0.276. The second-order valence-electron chi connectivity index (χ2n) is 0.183. The van der Waals surface area contributed by atoms with Crippen molar-refractivity contribution in [2.75, 3.05) is 0 Å². The van der Waals surface area contributed by atoms with E-state index in [1.807, 2.05) is 0 Å². The number of rotatable bonds is 0. The second kappa shape index (κ2) is 3.28. The number of isocyanates is 1. The Morgan fingerprint density at radius 1 is 2.00 bits per heavy atom. The first kappa shape index (κ1) is 4.28. The number of nitrogens with zero attached hydrogens (tertiary/aromatic N) is 1. The molecule has 0 N–H and O–H groups in total. The molecule has 0 spiro atoms. The van der Waals surface area contributed by atoms with Crippen molar-refractivity contribution in [3.05, 3.63) is 0 Å². The molecule has 1 radical (unpaired) electrons. The van der Waals surface area contributed by atoms with E-state index in [2.05, 4.69) is 2.89 Å². The van der Waals surface area contributed by atoms with Crippen LogP contribution in [0.4, 0.5) is 0 Å². The van der Waals surface area contributed by atoms with Gasteiger partial charge in [0.05, 0.1) is 0 Å². The van der Waals surface area contributed by atoms with Crippen molar-refractivity contribution < 1.29 is 4.79 Å². The Balaban J connectivity index is 3.11. The van der Waals surface area contributed by atoms with Crippen LogP contribution in [0.25, 0.3) is 0 Å². The molecule has 2 nitrogen and oxygen atoms in total. The molecule has 0 aliphatic heterocycles. The molecule has 0 rings (SSSR count). The summed E-state index contributed by atoms with van der Waals surface area (Å²) < 4.78 is 3.01. The van der Waals surface area contributed by atoms with Gasteiger partial charge in [0.15, 0.2) is 0 Å². The van der Waals surface area contributed by atoms with Gasteiger partial charge in [0, 0.05) is 0 Å². The van der Waals surface area contributed by atoms with Gasteiger partial charge in [-0.25, -0.2) is 0 Å². The van der Waals surface area contributed by atoms with Gasteiger partial charge < -0.3 is 0 Å². The zero-order valence-corrected chi connectivity index (χ0v) is 4.94. The van der Waals surface area contributed by atoms with Gasteiger partial charge in [-0.05, 0) is 0 Å². The van der Waals surface area contributed by atoms with Gasteiger partial charge in [0.2, 0.25) is 0 Å². The van der Waals surface area contributed by atoms with Crippen LogP contribution in [0.2, 0.25) is 0 Å². The van der Waals surface area contributed by atoms with Crippen LogP contribution in [0.15, 0.2) is 2.89 Å². The summed E-state index contributed by atoms with van der Waals surface area (Å²) in [7, 11) is 0. The van der Waals surface area contributed by atoms with Crippen molar-refractivity contribution in [1.82, 2.24) is 0 Å². The van der Waals surface area contributed by atoms with E-state index >= 15 is 0 Å². The van der Waals surface area contributed by atoms with Crippen molar-refractivity contribution in [2.45, 2.75) is 0 Å². The molecule has 21 valence electrons. The zero-order valence-electron chi connectivity index (χ0n) is 1.76. The van der Waals surface area contributed by atoms with Gasteiger partial charge in [0.1, 0.15) is 0 Å². The quantitative estimate of drug-likeness (QED) is 0.418. The van der Waals surface area contributed by atoms with Crippen LogP contribution in [0, 0.1) is 0 Å².